The van der Waals surface area contributed by atoms with E-state index in [1.807, 2.05) is 50.2 Å². The molecule has 0 saturated carbocycles. The van der Waals surface area contributed by atoms with Crippen LogP contribution in [0.5, 0.6) is 5.75 Å². The van der Waals surface area contributed by atoms with E-state index in [-0.39, 0.29) is 35.6 Å². The Morgan fingerprint density at radius 3 is 2.43 bits per heavy atom. The fourth-order valence-electron chi connectivity index (χ4n) is 5.05. The Bertz CT molecular complexity index is 1850. The lowest BCUT2D eigenvalue weighted by Crippen LogP contribution is -2.41. The molecule has 3 aromatic carbocycles. The van der Waals surface area contributed by atoms with Crippen molar-refractivity contribution in [3.63, 3.8) is 0 Å². The topological polar surface area (TPSA) is 101 Å². The number of hydrogen-bond acceptors (Lipinski definition) is 6. The first-order valence-corrected chi connectivity index (χ1v) is 14.0. The van der Waals surface area contributed by atoms with Gasteiger partial charge in [0.25, 0.3) is 5.56 Å². The van der Waals surface area contributed by atoms with Crippen LogP contribution in [-0.2, 0) is 19.5 Å². The Balaban J connectivity index is 1.54. The highest BCUT2D eigenvalue weighted by atomic mass is 16.5. The third kappa shape index (κ3) is 6.17. The normalized spacial score (nSPS) is 11.1. The van der Waals surface area contributed by atoms with Crippen molar-refractivity contribution in [2.75, 3.05) is 6.61 Å². The molecule has 0 bridgehead atoms. The standard InChI is InChI=1S/C34H32N2O6/c1-3-41-32-17-14-23(2)19-28(32)31(38)22-35-29-20-25(30(37)13-7-11-24-9-5-4-6-10-24)15-16-27(29)33(39)36(34(35)40)21-26-12-8-18-42-26/h4-6,8-10,12,14-20H,3,7,11,13,21-22H2,1-2H3. The maximum absolute atomic E-state index is 13.8. The second-order valence-corrected chi connectivity index (χ2v) is 10.2. The van der Waals surface area contributed by atoms with Gasteiger partial charge >= 0.3 is 5.69 Å². The quantitative estimate of drug-likeness (QED) is 0.183. The van der Waals surface area contributed by atoms with E-state index in [1.54, 1.807) is 42.5 Å². The number of benzene rings is 3. The maximum Gasteiger partial charge on any atom is 0.332 e. The van der Waals surface area contributed by atoms with E-state index in [1.165, 1.54) is 10.8 Å². The molecule has 42 heavy (non-hydrogen) atoms. The summed E-state index contributed by atoms with van der Waals surface area (Å²) in [7, 11) is 0. The summed E-state index contributed by atoms with van der Waals surface area (Å²) in [5.74, 6) is 0.390. The zero-order chi connectivity index (χ0) is 29.6. The highest BCUT2D eigenvalue weighted by Gasteiger charge is 2.21. The lowest BCUT2D eigenvalue weighted by molar-refractivity contribution is 0.0964. The summed E-state index contributed by atoms with van der Waals surface area (Å²) in [6.07, 6.45) is 3.19. The van der Waals surface area contributed by atoms with Crippen molar-refractivity contribution in [2.24, 2.45) is 0 Å². The monoisotopic (exact) mass is 564 g/mol. The number of aryl methyl sites for hydroxylation is 2. The summed E-state index contributed by atoms with van der Waals surface area (Å²) in [4.78, 5) is 54.1. The van der Waals surface area contributed by atoms with Gasteiger partial charge in [-0.3, -0.25) is 23.5 Å². The van der Waals surface area contributed by atoms with Crippen LogP contribution in [0, 0.1) is 6.92 Å². The molecule has 5 aromatic rings. The van der Waals surface area contributed by atoms with Gasteiger partial charge in [-0.2, -0.15) is 0 Å². The Kier molecular flexibility index (Phi) is 8.62. The smallest absolute Gasteiger partial charge is 0.332 e. The van der Waals surface area contributed by atoms with Crippen LogP contribution in [0.4, 0.5) is 0 Å². The summed E-state index contributed by atoms with van der Waals surface area (Å²) in [6, 6.07) is 23.3. The molecule has 8 heteroatoms. The Morgan fingerprint density at radius 1 is 0.881 bits per heavy atom. The Hall–Kier alpha value is -4.98. The van der Waals surface area contributed by atoms with Gasteiger partial charge in [-0.1, -0.05) is 48.0 Å². The molecule has 214 valence electrons. The van der Waals surface area contributed by atoms with Crippen LogP contribution in [0.1, 0.15) is 57.4 Å². The van der Waals surface area contributed by atoms with Gasteiger partial charge in [0.2, 0.25) is 0 Å². The molecule has 8 nitrogen and oxygen atoms in total. The molecule has 0 aliphatic heterocycles. The molecule has 0 radical (unpaired) electrons. The van der Waals surface area contributed by atoms with Crippen LogP contribution < -0.4 is 16.0 Å². The SMILES string of the molecule is CCOc1ccc(C)cc1C(=O)Cn1c(=O)n(Cc2ccco2)c(=O)c2ccc(C(=O)CCCc3ccccc3)cc21. The summed E-state index contributed by atoms with van der Waals surface area (Å²) < 4.78 is 13.4. The van der Waals surface area contributed by atoms with Crippen LogP contribution in [0.2, 0.25) is 0 Å². The fourth-order valence-corrected chi connectivity index (χ4v) is 5.05. The van der Waals surface area contributed by atoms with Gasteiger partial charge in [0, 0.05) is 12.0 Å². The highest BCUT2D eigenvalue weighted by Crippen LogP contribution is 2.22. The summed E-state index contributed by atoms with van der Waals surface area (Å²) in [5.41, 5.74) is 1.77. The van der Waals surface area contributed by atoms with E-state index >= 15 is 0 Å². The molecule has 5 rings (SSSR count). The van der Waals surface area contributed by atoms with Gasteiger partial charge < -0.3 is 9.15 Å². The minimum Gasteiger partial charge on any atom is -0.493 e. The second-order valence-electron chi connectivity index (χ2n) is 10.2. The van der Waals surface area contributed by atoms with Crippen LogP contribution in [0.25, 0.3) is 10.9 Å². The molecular formula is C34H32N2O6. The third-order valence-electron chi connectivity index (χ3n) is 7.19. The lowest BCUT2D eigenvalue weighted by Gasteiger charge is -2.15. The van der Waals surface area contributed by atoms with Gasteiger partial charge in [0.15, 0.2) is 11.6 Å². The van der Waals surface area contributed by atoms with Crippen molar-refractivity contribution >= 4 is 22.5 Å². The number of carbonyl (C=O) groups excluding carboxylic acids is 2. The molecule has 0 spiro atoms. The second kappa shape index (κ2) is 12.7. The van der Waals surface area contributed by atoms with Gasteiger partial charge in [-0.15, -0.1) is 0 Å². The Morgan fingerprint density at radius 2 is 1.69 bits per heavy atom. The number of fused-ring (bicyclic) bond motifs is 1. The molecule has 0 fully saturated rings. The van der Waals surface area contributed by atoms with Crippen molar-refractivity contribution in [2.45, 2.75) is 46.2 Å². The maximum atomic E-state index is 13.8. The number of ketones is 2. The number of ether oxygens (including phenoxy) is 1. The van der Waals surface area contributed by atoms with Crippen molar-refractivity contribution in [3.8, 4) is 5.75 Å². The molecular weight excluding hydrogens is 532 g/mol. The van der Waals surface area contributed by atoms with E-state index in [2.05, 4.69) is 0 Å². The average Bonchev–Trinajstić information content (AvgIpc) is 3.52. The zero-order valence-corrected chi connectivity index (χ0v) is 23.7. The van der Waals surface area contributed by atoms with Crippen molar-refractivity contribution < 1.29 is 18.7 Å². The van der Waals surface area contributed by atoms with Crippen LogP contribution in [-0.4, -0.2) is 27.3 Å². The first-order valence-electron chi connectivity index (χ1n) is 14.0. The van der Waals surface area contributed by atoms with Crippen molar-refractivity contribution in [1.82, 2.24) is 9.13 Å². The molecule has 0 atom stereocenters. The number of rotatable bonds is 12. The number of carbonyl (C=O) groups is 2. The molecule has 0 aliphatic rings. The van der Waals surface area contributed by atoms with Crippen molar-refractivity contribution in [1.29, 1.82) is 0 Å². The van der Waals surface area contributed by atoms with E-state index in [4.69, 9.17) is 9.15 Å². The van der Waals surface area contributed by atoms with Crippen LogP contribution in [0.3, 0.4) is 0 Å². The third-order valence-corrected chi connectivity index (χ3v) is 7.19. The minimum atomic E-state index is -0.670. The molecule has 2 aromatic heterocycles. The van der Waals surface area contributed by atoms with Crippen molar-refractivity contribution in [3.05, 3.63) is 134 Å². The van der Waals surface area contributed by atoms with E-state index in [0.29, 0.717) is 42.1 Å². The average molecular weight is 565 g/mol. The Labute approximate surface area is 242 Å². The molecule has 0 N–H and O–H groups in total. The number of aromatic nitrogens is 2. The van der Waals surface area contributed by atoms with Gasteiger partial charge in [-0.05, 0) is 68.7 Å². The molecule has 2 heterocycles. The van der Waals surface area contributed by atoms with Crippen LogP contribution in [0.15, 0.2) is 99.1 Å². The predicted molar refractivity (Wildman–Crippen MR) is 161 cm³/mol. The predicted octanol–water partition coefficient (Wildman–Crippen LogP) is 5.60. The first kappa shape index (κ1) is 28.5. The number of nitrogens with zero attached hydrogens (tertiary/aromatic N) is 2. The zero-order valence-electron chi connectivity index (χ0n) is 23.7. The molecule has 0 aliphatic carbocycles. The number of Topliss-reactive ketones (excluding diaryl/α,β-unsaturated/α-hetero) is 2. The van der Waals surface area contributed by atoms with Gasteiger partial charge in [0.1, 0.15) is 11.5 Å². The molecule has 0 amide bonds. The minimum absolute atomic E-state index is 0.0936. The summed E-state index contributed by atoms with van der Waals surface area (Å²) >= 11 is 0. The van der Waals surface area contributed by atoms with E-state index in [0.717, 1.165) is 22.1 Å². The lowest BCUT2D eigenvalue weighted by atomic mass is 10.0. The first-order chi connectivity index (χ1) is 20.4. The largest absolute Gasteiger partial charge is 0.493 e. The number of furan rings is 1. The van der Waals surface area contributed by atoms with E-state index in [9.17, 15) is 19.2 Å². The van der Waals surface area contributed by atoms with Gasteiger partial charge in [-0.25, -0.2) is 4.79 Å². The van der Waals surface area contributed by atoms with Gasteiger partial charge in [0.05, 0.1) is 42.4 Å². The number of hydrogen-bond donors (Lipinski definition) is 0. The fraction of sp³-hybridized carbons (Fsp3) is 0.235. The molecule has 0 saturated heterocycles. The highest BCUT2D eigenvalue weighted by molar-refractivity contribution is 6.01. The summed E-state index contributed by atoms with van der Waals surface area (Å²) in [5, 5.41) is 0.226. The van der Waals surface area contributed by atoms with Crippen LogP contribution >= 0.6 is 0 Å². The molecule has 0 unspecified atom stereocenters. The summed E-state index contributed by atoms with van der Waals surface area (Å²) in [6.45, 7) is 3.63. The van der Waals surface area contributed by atoms with E-state index < -0.39 is 11.2 Å².